The zero-order chi connectivity index (χ0) is 10.7. The van der Waals surface area contributed by atoms with Gasteiger partial charge in [0.2, 0.25) is 5.95 Å². The van der Waals surface area contributed by atoms with Crippen LogP contribution in [-0.4, -0.2) is 34.4 Å². The van der Waals surface area contributed by atoms with Crippen LogP contribution < -0.4 is 5.32 Å². The Morgan fingerprint density at radius 2 is 2.33 bits per heavy atom. The molecule has 1 saturated heterocycles. The SMILES string of the molecule is Cc1nc(N[C@@H]2CCCOC2)nnc1Cl. The monoisotopic (exact) mass is 228 g/mol. The number of ether oxygens (including phenoxy) is 1. The summed E-state index contributed by atoms with van der Waals surface area (Å²) in [6, 6.07) is 0.279. The summed E-state index contributed by atoms with van der Waals surface area (Å²) in [6.45, 7) is 3.35. The normalized spacial score (nSPS) is 21.3. The van der Waals surface area contributed by atoms with Gasteiger partial charge in [-0.15, -0.1) is 10.2 Å². The van der Waals surface area contributed by atoms with Crippen LogP contribution in [0.1, 0.15) is 18.5 Å². The largest absolute Gasteiger partial charge is 0.379 e. The quantitative estimate of drug-likeness (QED) is 0.830. The molecule has 1 N–H and O–H groups in total. The van der Waals surface area contributed by atoms with Crippen molar-refractivity contribution in [1.82, 2.24) is 15.2 Å². The Balaban J connectivity index is 2.00. The van der Waals surface area contributed by atoms with Crippen molar-refractivity contribution in [2.45, 2.75) is 25.8 Å². The molecule has 1 fully saturated rings. The second-order valence-corrected chi connectivity index (χ2v) is 3.93. The van der Waals surface area contributed by atoms with E-state index in [1.807, 2.05) is 0 Å². The molecule has 1 atom stereocenters. The average molecular weight is 229 g/mol. The topological polar surface area (TPSA) is 59.9 Å². The Hall–Kier alpha value is -0.940. The Morgan fingerprint density at radius 1 is 1.47 bits per heavy atom. The molecule has 2 heterocycles. The lowest BCUT2D eigenvalue weighted by Gasteiger charge is -2.22. The van der Waals surface area contributed by atoms with Crippen LogP contribution in [0.25, 0.3) is 0 Å². The van der Waals surface area contributed by atoms with Crippen LogP contribution in [-0.2, 0) is 4.74 Å². The summed E-state index contributed by atoms with van der Waals surface area (Å²) in [4.78, 5) is 4.19. The number of aryl methyl sites for hydroxylation is 1. The van der Waals surface area contributed by atoms with Crippen LogP contribution in [0, 0.1) is 6.92 Å². The Morgan fingerprint density at radius 3 is 3.00 bits per heavy atom. The van der Waals surface area contributed by atoms with Crippen molar-refractivity contribution in [3.63, 3.8) is 0 Å². The maximum atomic E-state index is 5.73. The fourth-order valence-electron chi connectivity index (χ4n) is 1.49. The molecule has 6 heteroatoms. The molecule has 0 bridgehead atoms. The summed E-state index contributed by atoms with van der Waals surface area (Å²) < 4.78 is 5.34. The predicted octanol–water partition coefficient (Wildman–Crippen LogP) is 1.42. The average Bonchev–Trinajstić information content (AvgIpc) is 2.25. The third-order valence-corrected chi connectivity index (χ3v) is 2.65. The number of halogens is 1. The summed E-state index contributed by atoms with van der Waals surface area (Å²) in [5.41, 5.74) is 0.686. The molecule has 0 aliphatic carbocycles. The van der Waals surface area contributed by atoms with Gasteiger partial charge in [0, 0.05) is 6.61 Å². The number of nitrogens with zero attached hydrogens (tertiary/aromatic N) is 3. The molecule has 1 aliphatic heterocycles. The van der Waals surface area contributed by atoms with Gasteiger partial charge in [0.05, 0.1) is 18.3 Å². The molecular weight excluding hydrogens is 216 g/mol. The number of aromatic nitrogens is 3. The summed E-state index contributed by atoms with van der Waals surface area (Å²) in [5, 5.41) is 11.2. The highest BCUT2D eigenvalue weighted by atomic mass is 35.5. The highest BCUT2D eigenvalue weighted by molar-refractivity contribution is 6.29. The molecule has 1 aromatic rings. The molecule has 0 aromatic carbocycles. The predicted molar refractivity (Wildman–Crippen MR) is 57.0 cm³/mol. The number of hydrogen-bond acceptors (Lipinski definition) is 5. The zero-order valence-corrected chi connectivity index (χ0v) is 9.29. The maximum Gasteiger partial charge on any atom is 0.243 e. The summed E-state index contributed by atoms with van der Waals surface area (Å²) >= 11 is 5.73. The number of rotatable bonds is 2. The van der Waals surface area contributed by atoms with E-state index in [1.165, 1.54) is 0 Å². The second-order valence-electron chi connectivity index (χ2n) is 3.57. The van der Waals surface area contributed by atoms with Gasteiger partial charge in [0.15, 0.2) is 5.15 Å². The standard InChI is InChI=1S/C9H13ClN4O/c1-6-8(10)13-14-9(11-6)12-7-3-2-4-15-5-7/h7H,2-5H2,1H3,(H,11,12,14)/t7-/m1/s1. The summed E-state index contributed by atoms with van der Waals surface area (Å²) in [7, 11) is 0. The molecular formula is C9H13ClN4O. The van der Waals surface area contributed by atoms with Crippen LogP contribution in [0.2, 0.25) is 5.15 Å². The van der Waals surface area contributed by atoms with Gasteiger partial charge in [-0.1, -0.05) is 11.6 Å². The van der Waals surface area contributed by atoms with Crippen LogP contribution in [0.15, 0.2) is 0 Å². The molecule has 15 heavy (non-hydrogen) atoms. The molecule has 0 unspecified atom stereocenters. The van der Waals surface area contributed by atoms with E-state index in [0.717, 1.165) is 19.4 Å². The summed E-state index contributed by atoms with van der Waals surface area (Å²) in [6.07, 6.45) is 2.14. The highest BCUT2D eigenvalue weighted by Gasteiger charge is 2.15. The van der Waals surface area contributed by atoms with Gasteiger partial charge >= 0.3 is 0 Å². The molecule has 82 valence electrons. The van der Waals surface area contributed by atoms with Gasteiger partial charge < -0.3 is 10.1 Å². The van der Waals surface area contributed by atoms with E-state index >= 15 is 0 Å². The Kier molecular flexibility index (Phi) is 3.33. The van der Waals surface area contributed by atoms with Crippen molar-refractivity contribution >= 4 is 17.5 Å². The minimum absolute atomic E-state index is 0.279. The van der Waals surface area contributed by atoms with Crippen LogP contribution in [0.5, 0.6) is 0 Å². The van der Waals surface area contributed by atoms with Crippen molar-refractivity contribution < 1.29 is 4.74 Å². The van der Waals surface area contributed by atoms with Crippen LogP contribution in [0.4, 0.5) is 5.95 Å². The van der Waals surface area contributed by atoms with Crippen LogP contribution in [0.3, 0.4) is 0 Å². The number of nitrogens with one attached hydrogen (secondary N) is 1. The fourth-order valence-corrected chi connectivity index (χ4v) is 1.57. The maximum absolute atomic E-state index is 5.73. The van der Waals surface area contributed by atoms with E-state index in [0.29, 0.717) is 23.4 Å². The first-order chi connectivity index (χ1) is 7.25. The molecule has 1 aliphatic rings. The Bertz CT molecular complexity index is 341. The van der Waals surface area contributed by atoms with E-state index in [-0.39, 0.29) is 6.04 Å². The zero-order valence-electron chi connectivity index (χ0n) is 8.53. The molecule has 0 radical (unpaired) electrons. The smallest absolute Gasteiger partial charge is 0.243 e. The van der Waals surface area contributed by atoms with Gasteiger partial charge in [-0.05, 0) is 19.8 Å². The molecule has 0 amide bonds. The van der Waals surface area contributed by atoms with E-state index in [4.69, 9.17) is 16.3 Å². The third kappa shape index (κ3) is 2.76. The molecule has 0 spiro atoms. The van der Waals surface area contributed by atoms with Crippen molar-refractivity contribution in [2.75, 3.05) is 18.5 Å². The lowest BCUT2D eigenvalue weighted by atomic mass is 10.1. The lowest BCUT2D eigenvalue weighted by Crippen LogP contribution is -2.30. The third-order valence-electron chi connectivity index (χ3n) is 2.30. The summed E-state index contributed by atoms with van der Waals surface area (Å²) in [5.74, 6) is 0.521. The molecule has 5 nitrogen and oxygen atoms in total. The van der Waals surface area contributed by atoms with Crippen molar-refractivity contribution in [3.8, 4) is 0 Å². The first kappa shape index (κ1) is 10.6. The fraction of sp³-hybridized carbons (Fsp3) is 0.667. The highest BCUT2D eigenvalue weighted by Crippen LogP contribution is 2.13. The van der Waals surface area contributed by atoms with Gasteiger partial charge in [0.25, 0.3) is 0 Å². The van der Waals surface area contributed by atoms with E-state index in [1.54, 1.807) is 6.92 Å². The minimum Gasteiger partial charge on any atom is -0.379 e. The van der Waals surface area contributed by atoms with Crippen molar-refractivity contribution in [3.05, 3.63) is 10.8 Å². The molecule has 2 rings (SSSR count). The van der Waals surface area contributed by atoms with E-state index in [2.05, 4.69) is 20.5 Å². The lowest BCUT2D eigenvalue weighted by molar-refractivity contribution is 0.0873. The first-order valence-electron chi connectivity index (χ1n) is 4.97. The minimum atomic E-state index is 0.279. The number of anilines is 1. The molecule has 1 aromatic heterocycles. The number of hydrogen-bond donors (Lipinski definition) is 1. The van der Waals surface area contributed by atoms with Crippen molar-refractivity contribution in [1.29, 1.82) is 0 Å². The molecule has 0 saturated carbocycles. The van der Waals surface area contributed by atoms with Gasteiger partial charge in [-0.2, -0.15) is 0 Å². The first-order valence-corrected chi connectivity index (χ1v) is 5.34. The van der Waals surface area contributed by atoms with E-state index in [9.17, 15) is 0 Å². The van der Waals surface area contributed by atoms with Gasteiger partial charge in [-0.3, -0.25) is 0 Å². The van der Waals surface area contributed by atoms with Gasteiger partial charge in [0.1, 0.15) is 0 Å². The van der Waals surface area contributed by atoms with Crippen LogP contribution >= 0.6 is 11.6 Å². The van der Waals surface area contributed by atoms with Gasteiger partial charge in [-0.25, -0.2) is 4.98 Å². The van der Waals surface area contributed by atoms with E-state index < -0.39 is 0 Å². The second kappa shape index (κ2) is 4.72. The van der Waals surface area contributed by atoms with Crippen molar-refractivity contribution in [2.24, 2.45) is 0 Å². The Labute approximate surface area is 93.2 Å².